The second kappa shape index (κ2) is 7.62. The van der Waals surface area contributed by atoms with E-state index in [0.29, 0.717) is 12.1 Å². The van der Waals surface area contributed by atoms with E-state index in [1.54, 1.807) is 12.1 Å². The van der Waals surface area contributed by atoms with Crippen LogP contribution in [-0.4, -0.2) is 18.5 Å². The molecule has 0 aliphatic heterocycles. The predicted octanol–water partition coefficient (Wildman–Crippen LogP) is 3.62. The van der Waals surface area contributed by atoms with E-state index >= 15 is 0 Å². The van der Waals surface area contributed by atoms with Crippen LogP contribution >= 0.6 is 0 Å². The number of aryl methyl sites for hydroxylation is 1. The summed E-state index contributed by atoms with van der Waals surface area (Å²) in [6, 6.07) is 20.9. The van der Waals surface area contributed by atoms with Crippen molar-refractivity contribution in [3.63, 3.8) is 0 Å². The molecule has 1 amide bonds. The van der Waals surface area contributed by atoms with Gasteiger partial charge in [-0.25, -0.2) is 4.79 Å². The molecule has 3 rings (SSSR count). The van der Waals surface area contributed by atoms with E-state index < -0.39 is 5.97 Å². The normalized spacial score (nSPS) is 10.4. The Bertz CT molecular complexity index is 918. The lowest BCUT2D eigenvalue weighted by Crippen LogP contribution is -2.28. The standard InChI is InChI=1S/C21H19NO3/c1-15-6-2-3-9-19(15)13-22-20(23)14-25-21(24)18-11-10-16-7-4-5-8-17(16)12-18/h2-12H,13-14H2,1H3,(H,22,23). The van der Waals surface area contributed by atoms with Crippen molar-refractivity contribution < 1.29 is 14.3 Å². The number of nitrogens with one attached hydrogen (secondary N) is 1. The van der Waals surface area contributed by atoms with E-state index in [1.807, 2.05) is 61.5 Å². The molecular formula is C21H19NO3. The highest BCUT2D eigenvalue weighted by Crippen LogP contribution is 2.16. The quantitative estimate of drug-likeness (QED) is 0.726. The Balaban J connectivity index is 1.54. The Kier molecular flexibility index (Phi) is 5.09. The van der Waals surface area contributed by atoms with Gasteiger partial charge in [0.2, 0.25) is 0 Å². The van der Waals surface area contributed by atoms with Gasteiger partial charge in [0, 0.05) is 6.54 Å². The van der Waals surface area contributed by atoms with Gasteiger partial charge < -0.3 is 10.1 Å². The van der Waals surface area contributed by atoms with E-state index in [0.717, 1.165) is 21.9 Å². The Morgan fingerprint density at radius 1 is 0.920 bits per heavy atom. The zero-order valence-electron chi connectivity index (χ0n) is 14.0. The fourth-order valence-corrected chi connectivity index (χ4v) is 2.58. The Morgan fingerprint density at radius 3 is 2.44 bits per heavy atom. The number of amides is 1. The van der Waals surface area contributed by atoms with E-state index in [9.17, 15) is 9.59 Å². The van der Waals surface area contributed by atoms with Gasteiger partial charge in [-0.1, -0.05) is 54.6 Å². The van der Waals surface area contributed by atoms with E-state index in [-0.39, 0.29) is 12.5 Å². The number of hydrogen-bond acceptors (Lipinski definition) is 3. The Hall–Kier alpha value is -3.14. The number of benzene rings is 3. The van der Waals surface area contributed by atoms with Crippen molar-refractivity contribution in [2.24, 2.45) is 0 Å². The topological polar surface area (TPSA) is 55.4 Å². The zero-order valence-corrected chi connectivity index (χ0v) is 14.0. The minimum absolute atomic E-state index is 0.294. The van der Waals surface area contributed by atoms with Gasteiger partial charge in [0.1, 0.15) is 0 Å². The highest BCUT2D eigenvalue weighted by Gasteiger charge is 2.11. The summed E-state index contributed by atoms with van der Waals surface area (Å²) in [6.07, 6.45) is 0. The largest absolute Gasteiger partial charge is 0.452 e. The number of carbonyl (C=O) groups is 2. The first-order chi connectivity index (χ1) is 12.1. The highest BCUT2D eigenvalue weighted by molar-refractivity contribution is 5.96. The monoisotopic (exact) mass is 333 g/mol. The lowest BCUT2D eigenvalue weighted by Gasteiger charge is -2.09. The maximum Gasteiger partial charge on any atom is 0.338 e. The molecule has 0 fully saturated rings. The maximum absolute atomic E-state index is 12.1. The third-order valence-electron chi connectivity index (χ3n) is 4.06. The van der Waals surface area contributed by atoms with Crippen molar-refractivity contribution in [3.8, 4) is 0 Å². The highest BCUT2D eigenvalue weighted by atomic mass is 16.5. The molecule has 25 heavy (non-hydrogen) atoms. The third-order valence-corrected chi connectivity index (χ3v) is 4.06. The molecule has 4 nitrogen and oxygen atoms in total. The van der Waals surface area contributed by atoms with Crippen LogP contribution in [0.5, 0.6) is 0 Å². The molecule has 0 heterocycles. The fraction of sp³-hybridized carbons (Fsp3) is 0.143. The second-order valence-corrected chi connectivity index (χ2v) is 5.84. The van der Waals surface area contributed by atoms with Crippen LogP contribution in [0.4, 0.5) is 0 Å². The summed E-state index contributed by atoms with van der Waals surface area (Å²) in [5.41, 5.74) is 2.58. The van der Waals surface area contributed by atoms with Crippen LogP contribution < -0.4 is 5.32 Å². The maximum atomic E-state index is 12.1. The van der Waals surface area contributed by atoms with Gasteiger partial charge in [-0.2, -0.15) is 0 Å². The number of fused-ring (bicyclic) bond motifs is 1. The fourth-order valence-electron chi connectivity index (χ4n) is 2.58. The molecule has 0 aromatic heterocycles. The van der Waals surface area contributed by atoms with Gasteiger partial charge in [0.25, 0.3) is 5.91 Å². The minimum Gasteiger partial charge on any atom is -0.452 e. The van der Waals surface area contributed by atoms with Gasteiger partial charge >= 0.3 is 5.97 Å². The van der Waals surface area contributed by atoms with Gasteiger partial charge in [0.15, 0.2) is 6.61 Å². The van der Waals surface area contributed by atoms with Crippen molar-refractivity contribution in [2.45, 2.75) is 13.5 Å². The van der Waals surface area contributed by atoms with Crippen LogP contribution in [-0.2, 0) is 16.1 Å². The number of carbonyl (C=O) groups excluding carboxylic acids is 2. The molecule has 3 aromatic rings. The molecule has 0 aliphatic rings. The summed E-state index contributed by atoms with van der Waals surface area (Å²) >= 11 is 0. The number of hydrogen-bond donors (Lipinski definition) is 1. The predicted molar refractivity (Wildman–Crippen MR) is 97.3 cm³/mol. The summed E-state index contributed by atoms with van der Waals surface area (Å²) in [5.74, 6) is -0.825. The van der Waals surface area contributed by atoms with Crippen LogP contribution in [0.3, 0.4) is 0 Å². The summed E-state index contributed by atoms with van der Waals surface area (Å²) < 4.78 is 5.11. The van der Waals surface area contributed by atoms with E-state index in [4.69, 9.17) is 4.74 Å². The third kappa shape index (κ3) is 4.23. The molecule has 0 aliphatic carbocycles. The zero-order chi connectivity index (χ0) is 17.6. The SMILES string of the molecule is Cc1ccccc1CNC(=O)COC(=O)c1ccc2ccccc2c1. The number of esters is 1. The number of ether oxygens (including phenoxy) is 1. The lowest BCUT2D eigenvalue weighted by molar-refractivity contribution is -0.124. The first kappa shape index (κ1) is 16.7. The molecule has 1 N–H and O–H groups in total. The smallest absolute Gasteiger partial charge is 0.338 e. The molecule has 4 heteroatoms. The van der Waals surface area contributed by atoms with Crippen LogP contribution in [0.15, 0.2) is 66.7 Å². The van der Waals surface area contributed by atoms with Crippen molar-refractivity contribution in [2.75, 3.05) is 6.61 Å². The molecule has 0 radical (unpaired) electrons. The molecular weight excluding hydrogens is 314 g/mol. The summed E-state index contributed by atoms with van der Waals surface area (Å²) in [4.78, 5) is 24.0. The van der Waals surface area contributed by atoms with Gasteiger partial charge in [0.05, 0.1) is 5.56 Å². The van der Waals surface area contributed by atoms with Gasteiger partial charge in [-0.15, -0.1) is 0 Å². The van der Waals surface area contributed by atoms with Gasteiger partial charge in [-0.05, 0) is 41.0 Å². The minimum atomic E-state index is -0.503. The molecule has 0 unspecified atom stereocenters. The van der Waals surface area contributed by atoms with Gasteiger partial charge in [-0.3, -0.25) is 4.79 Å². The summed E-state index contributed by atoms with van der Waals surface area (Å²) in [5, 5.41) is 4.77. The number of rotatable bonds is 5. The second-order valence-electron chi connectivity index (χ2n) is 5.84. The molecule has 0 saturated heterocycles. The van der Waals surface area contributed by atoms with E-state index in [1.165, 1.54) is 0 Å². The first-order valence-corrected chi connectivity index (χ1v) is 8.10. The van der Waals surface area contributed by atoms with Crippen molar-refractivity contribution in [1.29, 1.82) is 0 Å². The summed E-state index contributed by atoms with van der Waals surface area (Å²) in [6.45, 7) is 2.11. The van der Waals surface area contributed by atoms with Crippen LogP contribution in [0.25, 0.3) is 10.8 Å². The van der Waals surface area contributed by atoms with Crippen LogP contribution in [0, 0.1) is 6.92 Å². The molecule has 0 saturated carbocycles. The Morgan fingerprint density at radius 2 is 1.64 bits per heavy atom. The summed E-state index contributed by atoms with van der Waals surface area (Å²) in [7, 11) is 0. The molecule has 0 atom stereocenters. The first-order valence-electron chi connectivity index (χ1n) is 8.10. The average Bonchev–Trinajstić information content (AvgIpc) is 2.65. The molecule has 3 aromatic carbocycles. The van der Waals surface area contributed by atoms with E-state index in [2.05, 4.69) is 5.32 Å². The van der Waals surface area contributed by atoms with Crippen molar-refractivity contribution in [3.05, 3.63) is 83.4 Å². The van der Waals surface area contributed by atoms with Crippen LogP contribution in [0.2, 0.25) is 0 Å². The molecule has 0 spiro atoms. The average molecular weight is 333 g/mol. The van der Waals surface area contributed by atoms with Crippen molar-refractivity contribution in [1.82, 2.24) is 5.32 Å². The molecule has 126 valence electrons. The van der Waals surface area contributed by atoms with Crippen molar-refractivity contribution >= 4 is 22.6 Å². The molecule has 0 bridgehead atoms. The Labute approximate surface area is 146 Å². The lowest BCUT2D eigenvalue weighted by atomic mass is 10.1. The van der Waals surface area contributed by atoms with Crippen LogP contribution in [0.1, 0.15) is 21.5 Å².